The molecule has 4 aromatic rings. The van der Waals surface area contributed by atoms with Crippen LogP contribution >= 0.6 is 0 Å². The van der Waals surface area contributed by atoms with Crippen molar-refractivity contribution < 1.29 is 18.3 Å². The van der Waals surface area contributed by atoms with Crippen LogP contribution in [0.25, 0.3) is 5.82 Å². The molecular weight excluding hydrogens is 559 g/mol. The zero-order chi connectivity index (χ0) is 30.7. The lowest BCUT2D eigenvalue weighted by Crippen LogP contribution is -2.36. The van der Waals surface area contributed by atoms with Gasteiger partial charge in [-0.1, -0.05) is 12.6 Å². The van der Waals surface area contributed by atoms with Gasteiger partial charge >= 0.3 is 6.18 Å². The number of piperidine rings is 1. The average molecular weight is 594 g/mol. The molecule has 1 saturated heterocycles. The zero-order valence-corrected chi connectivity index (χ0v) is 24.1. The molecule has 1 aliphatic heterocycles. The Hall–Kier alpha value is -4.78. The minimum atomic E-state index is -4.51. The van der Waals surface area contributed by atoms with Crippen molar-refractivity contribution >= 4 is 34.4 Å². The first-order chi connectivity index (χ1) is 20.5. The number of alkyl halides is 3. The Morgan fingerprint density at radius 2 is 1.72 bits per heavy atom. The Morgan fingerprint density at radius 3 is 2.44 bits per heavy atom. The van der Waals surface area contributed by atoms with Crippen LogP contribution in [0.5, 0.6) is 0 Å². The first kappa shape index (κ1) is 29.7. The Bertz CT molecular complexity index is 1610. The molecule has 5 rings (SSSR count). The van der Waals surface area contributed by atoms with Gasteiger partial charge in [0.15, 0.2) is 5.82 Å². The van der Waals surface area contributed by atoms with Crippen LogP contribution in [0.15, 0.2) is 67.3 Å². The number of hydrogen-bond donors (Lipinski definition) is 5. The summed E-state index contributed by atoms with van der Waals surface area (Å²) in [6, 6.07) is 13.2. The number of benzene rings is 2. The first-order valence-electron chi connectivity index (χ1n) is 13.8. The van der Waals surface area contributed by atoms with Crippen molar-refractivity contribution in [1.29, 1.82) is 0 Å². The number of aliphatic hydroxyl groups excluding tert-OH is 1. The Kier molecular flexibility index (Phi) is 8.44. The summed E-state index contributed by atoms with van der Waals surface area (Å²) in [5.74, 6) is 2.23. The van der Waals surface area contributed by atoms with E-state index in [2.05, 4.69) is 42.9 Å². The van der Waals surface area contributed by atoms with E-state index in [1.54, 1.807) is 23.9 Å². The fraction of sp³-hybridized carbons (Fsp3) is 0.300. The van der Waals surface area contributed by atoms with Gasteiger partial charge in [0.1, 0.15) is 23.8 Å². The highest BCUT2D eigenvalue weighted by Crippen LogP contribution is 2.36. The zero-order valence-electron chi connectivity index (χ0n) is 24.1. The summed E-state index contributed by atoms with van der Waals surface area (Å²) in [5, 5.41) is 26.9. The van der Waals surface area contributed by atoms with Gasteiger partial charge in [0, 0.05) is 55.0 Å². The third-order valence-corrected chi connectivity index (χ3v) is 7.12. The number of rotatable bonds is 9. The van der Waals surface area contributed by atoms with Gasteiger partial charge in [0.25, 0.3) is 0 Å². The lowest BCUT2D eigenvalue weighted by Gasteiger charge is -2.32. The maximum atomic E-state index is 13.8. The molecule has 0 radical (unpaired) electrons. The molecule has 0 bridgehead atoms. The third-order valence-electron chi connectivity index (χ3n) is 7.12. The number of aliphatic hydroxyl groups is 1. The van der Waals surface area contributed by atoms with Crippen molar-refractivity contribution in [1.82, 2.24) is 19.7 Å². The summed E-state index contributed by atoms with van der Waals surface area (Å²) < 4.78 is 42.9. The summed E-state index contributed by atoms with van der Waals surface area (Å²) >= 11 is 0. The Morgan fingerprint density at radius 1 is 0.977 bits per heavy atom. The van der Waals surface area contributed by atoms with E-state index >= 15 is 0 Å². The highest BCUT2D eigenvalue weighted by Gasteiger charge is 2.32. The van der Waals surface area contributed by atoms with E-state index < -0.39 is 17.8 Å². The molecule has 0 atom stereocenters. The van der Waals surface area contributed by atoms with Gasteiger partial charge in [-0.3, -0.25) is 0 Å². The van der Waals surface area contributed by atoms with E-state index in [1.165, 1.54) is 6.33 Å². The molecule has 226 valence electrons. The predicted octanol–water partition coefficient (Wildman–Crippen LogP) is 6.04. The lowest BCUT2D eigenvalue weighted by molar-refractivity contribution is -0.137. The number of aromatic nitrogens is 4. The topological polar surface area (TPSA) is 115 Å². The van der Waals surface area contributed by atoms with Gasteiger partial charge in [-0.05, 0) is 62.6 Å². The maximum Gasteiger partial charge on any atom is 0.416 e. The van der Waals surface area contributed by atoms with Crippen molar-refractivity contribution in [2.45, 2.75) is 39.0 Å². The van der Waals surface area contributed by atoms with Crippen LogP contribution in [0.1, 0.15) is 29.7 Å². The highest BCUT2D eigenvalue weighted by atomic mass is 19.4. The van der Waals surface area contributed by atoms with Crippen LogP contribution < -0.4 is 26.2 Å². The third kappa shape index (κ3) is 7.17. The quantitative estimate of drug-likeness (QED) is 0.158. The van der Waals surface area contributed by atoms with Gasteiger partial charge in [0.05, 0.1) is 17.4 Å². The highest BCUT2D eigenvalue weighted by molar-refractivity contribution is 5.70. The SMILES string of the molecule is C=C(Nc1cc(N2CCC(O)CC2)cc(C(F)(F)F)c1)Nc1ccc(C)c(Nc2cc(C)nn2-c2cc(NC)ncn2)c1. The normalized spacial score (nSPS) is 14.0. The number of nitrogens with zero attached hydrogens (tertiary/aromatic N) is 5. The number of aryl methyl sites for hydroxylation is 2. The number of halogens is 3. The molecule has 0 aliphatic carbocycles. The molecule has 0 saturated carbocycles. The van der Waals surface area contributed by atoms with Crippen molar-refractivity contribution in [3.8, 4) is 5.82 Å². The molecule has 13 heteroatoms. The Balaban J connectivity index is 1.34. The van der Waals surface area contributed by atoms with Crippen LogP contribution in [-0.4, -0.2) is 51.1 Å². The van der Waals surface area contributed by atoms with E-state index in [0.717, 1.165) is 29.1 Å². The second kappa shape index (κ2) is 12.2. The number of hydrogen-bond acceptors (Lipinski definition) is 9. The summed E-state index contributed by atoms with van der Waals surface area (Å²) in [6.07, 6.45) is -2.47. The molecule has 1 fully saturated rings. The smallest absolute Gasteiger partial charge is 0.393 e. The van der Waals surface area contributed by atoms with E-state index in [-0.39, 0.29) is 5.69 Å². The predicted molar refractivity (Wildman–Crippen MR) is 163 cm³/mol. The van der Waals surface area contributed by atoms with Crippen LogP contribution in [0.4, 0.5) is 47.6 Å². The molecule has 0 amide bonds. The fourth-order valence-corrected chi connectivity index (χ4v) is 4.87. The average Bonchev–Trinajstić information content (AvgIpc) is 3.34. The lowest BCUT2D eigenvalue weighted by atomic mass is 10.1. The van der Waals surface area contributed by atoms with Crippen LogP contribution in [0, 0.1) is 13.8 Å². The molecule has 0 spiro atoms. The van der Waals surface area contributed by atoms with Crippen LogP contribution in [-0.2, 0) is 6.18 Å². The van der Waals surface area contributed by atoms with Gasteiger partial charge in [-0.2, -0.15) is 23.0 Å². The molecule has 2 aromatic heterocycles. The number of nitrogens with one attached hydrogen (secondary N) is 4. The molecule has 43 heavy (non-hydrogen) atoms. The van der Waals surface area contributed by atoms with E-state index in [9.17, 15) is 18.3 Å². The minimum Gasteiger partial charge on any atom is -0.393 e. The summed E-state index contributed by atoms with van der Waals surface area (Å²) in [7, 11) is 1.77. The van der Waals surface area contributed by atoms with Crippen molar-refractivity contribution in [2.24, 2.45) is 0 Å². The molecular formula is C30H34F3N9O. The van der Waals surface area contributed by atoms with Gasteiger partial charge in [0.2, 0.25) is 0 Å². The maximum absolute atomic E-state index is 13.8. The van der Waals surface area contributed by atoms with Crippen LogP contribution in [0.2, 0.25) is 0 Å². The number of anilines is 6. The molecule has 2 aromatic carbocycles. The van der Waals surface area contributed by atoms with E-state index in [4.69, 9.17) is 0 Å². The van der Waals surface area contributed by atoms with Gasteiger partial charge in [-0.15, -0.1) is 0 Å². The second-order valence-corrected chi connectivity index (χ2v) is 10.5. The van der Waals surface area contributed by atoms with Crippen molar-refractivity contribution in [3.63, 3.8) is 0 Å². The molecule has 3 heterocycles. The summed E-state index contributed by atoms with van der Waals surface area (Å²) in [6.45, 7) is 8.80. The van der Waals surface area contributed by atoms with Crippen LogP contribution in [0.3, 0.4) is 0 Å². The van der Waals surface area contributed by atoms with Gasteiger partial charge < -0.3 is 31.3 Å². The summed E-state index contributed by atoms with van der Waals surface area (Å²) in [4.78, 5) is 10.4. The summed E-state index contributed by atoms with van der Waals surface area (Å²) in [5.41, 5.74) is 3.15. The van der Waals surface area contributed by atoms with Crippen molar-refractivity contribution in [3.05, 3.63) is 84.1 Å². The van der Waals surface area contributed by atoms with Gasteiger partial charge in [-0.25, -0.2) is 9.97 Å². The molecule has 1 aliphatic rings. The standard InChI is InChI=1S/C30H34F3N9O/c1-18-5-6-22(15-26(18)39-29-11-19(2)40-42(29)28-16-27(34-4)35-17-36-28)37-20(3)38-23-12-21(30(31,32)33)13-24(14-23)41-9-7-25(43)8-10-41/h5-6,11-17,25,37-39,43H,3,7-10H2,1-2,4H3,(H,34,35,36). The van der Waals surface area contributed by atoms with E-state index in [0.29, 0.717) is 60.6 Å². The van der Waals surface area contributed by atoms with Crippen molar-refractivity contribution in [2.75, 3.05) is 46.3 Å². The monoisotopic (exact) mass is 593 g/mol. The molecule has 10 nitrogen and oxygen atoms in total. The minimum absolute atomic E-state index is 0.254. The first-order valence-corrected chi connectivity index (χ1v) is 13.8. The Labute approximate surface area is 247 Å². The second-order valence-electron chi connectivity index (χ2n) is 10.5. The largest absolute Gasteiger partial charge is 0.416 e. The fourth-order valence-electron chi connectivity index (χ4n) is 4.87. The molecule has 0 unspecified atom stereocenters. The van der Waals surface area contributed by atoms with E-state index in [1.807, 2.05) is 43.0 Å². The molecule has 5 N–H and O–H groups in total.